The Hall–Kier alpha value is -1.93. The van der Waals surface area contributed by atoms with E-state index in [0.717, 1.165) is 19.4 Å². The highest BCUT2D eigenvalue weighted by Crippen LogP contribution is 2.19. The van der Waals surface area contributed by atoms with Gasteiger partial charge in [0, 0.05) is 37.4 Å². The zero-order valence-electron chi connectivity index (χ0n) is 14.8. The molecule has 1 N–H and O–H groups in total. The van der Waals surface area contributed by atoms with E-state index in [9.17, 15) is 18.0 Å². The molecule has 0 saturated carbocycles. The van der Waals surface area contributed by atoms with Gasteiger partial charge in [0.2, 0.25) is 0 Å². The van der Waals surface area contributed by atoms with Gasteiger partial charge in [-0.25, -0.2) is 8.42 Å². The van der Waals surface area contributed by atoms with Gasteiger partial charge in [0.1, 0.15) is 0 Å². The van der Waals surface area contributed by atoms with E-state index in [1.54, 1.807) is 31.3 Å². The molecule has 2 heterocycles. The van der Waals surface area contributed by atoms with E-state index in [1.165, 1.54) is 4.90 Å². The first kappa shape index (κ1) is 18.8. The average molecular weight is 380 g/mol. The maximum atomic E-state index is 12.5. The van der Waals surface area contributed by atoms with Gasteiger partial charge < -0.3 is 15.0 Å². The quantitative estimate of drug-likeness (QED) is 0.818. The lowest BCUT2D eigenvalue weighted by Gasteiger charge is -2.23. The number of sulfone groups is 1. The predicted molar refractivity (Wildman–Crippen MR) is 96.9 cm³/mol. The minimum atomic E-state index is -3.04. The second-order valence-electron chi connectivity index (χ2n) is 6.90. The summed E-state index contributed by atoms with van der Waals surface area (Å²) in [7, 11) is -1.42. The fourth-order valence-corrected chi connectivity index (χ4v) is 5.10. The molecule has 26 heavy (non-hydrogen) atoms. The van der Waals surface area contributed by atoms with Gasteiger partial charge in [-0.2, -0.15) is 0 Å². The van der Waals surface area contributed by atoms with E-state index in [-0.39, 0.29) is 35.5 Å². The van der Waals surface area contributed by atoms with Crippen molar-refractivity contribution in [3.8, 4) is 0 Å². The highest BCUT2D eigenvalue weighted by Gasteiger charge is 2.33. The number of carbonyl (C=O) groups excluding carboxylic acids is 2. The van der Waals surface area contributed by atoms with Crippen LogP contribution in [0.4, 0.5) is 0 Å². The number of benzene rings is 1. The Morgan fingerprint density at radius 2 is 1.88 bits per heavy atom. The van der Waals surface area contributed by atoms with Gasteiger partial charge in [-0.05, 0) is 43.5 Å². The number of hydrogen-bond donors (Lipinski definition) is 1. The topological polar surface area (TPSA) is 92.8 Å². The van der Waals surface area contributed by atoms with E-state index in [0.29, 0.717) is 24.1 Å². The van der Waals surface area contributed by atoms with Crippen molar-refractivity contribution in [2.45, 2.75) is 31.4 Å². The monoisotopic (exact) mass is 380 g/mol. The maximum Gasteiger partial charge on any atom is 0.253 e. The Labute approximate surface area is 153 Å². The van der Waals surface area contributed by atoms with Crippen molar-refractivity contribution >= 4 is 21.7 Å². The first-order valence-corrected chi connectivity index (χ1v) is 10.7. The minimum absolute atomic E-state index is 0.0129. The summed E-state index contributed by atoms with van der Waals surface area (Å²) in [4.78, 5) is 26.2. The molecule has 1 aromatic rings. The number of nitrogens with zero attached hydrogens (tertiary/aromatic N) is 1. The van der Waals surface area contributed by atoms with Crippen molar-refractivity contribution in [2.24, 2.45) is 0 Å². The standard InChI is InChI=1S/C18H24N2O5S/c1-20(15-8-10-26(23,24)12-15)18(22)14-6-4-13(5-7-14)17(21)19-11-16-3-2-9-25-16/h4-7,15-16H,2-3,8-12H2,1H3,(H,19,21). The second kappa shape index (κ2) is 7.75. The molecule has 0 bridgehead atoms. The van der Waals surface area contributed by atoms with Crippen LogP contribution in [0.2, 0.25) is 0 Å². The largest absolute Gasteiger partial charge is 0.376 e. The van der Waals surface area contributed by atoms with E-state index < -0.39 is 9.84 Å². The van der Waals surface area contributed by atoms with Crippen LogP contribution in [0.5, 0.6) is 0 Å². The summed E-state index contributed by atoms with van der Waals surface area (Å²) in [5.41, 5.74) is 0.915. The molecule has 2 aliphatic heterocycles. The van der Waals surface area contributed by atoms with Gasteiger partial charge in [-0.1, -0.05) is 0 Å². The Balaban J connectivity index is 1.57. The van der Waals surface area contributed by atoms with Crippen molar-refractivity contribution in [1.82, 2.24) is 10.2 Å². The molecular formula is C18H24N2O5S. The summed E-state index contributed by atoms with van der Waals surface area (Å²) in [6.45, 7) is 1.23. The minimum Gasteiger partial charge on any atom is -0.376 e. The Morgan fingerprint density at radius 1 is 1.19 bits per heavy atom. The summed E-state index contributed by atoms with van der Waals surface area (Å²) < 4.78 is 28.7. The summed E-state index contributed by atoms with van der Waals surface area (Å²) in [5, 5.41) is 2.84. The molecule has 8 heteroatoms. The molecule has 2 atom stereocenters. The third-order valence-electron chi connectivity index (χ3n) is 4.98. The van der Waals surface area contributed by atoms with Gasteiger partial charge in [-0.3, -0.25) is 9.59 Å². The lowest BCUT2D eigenvalue weighted by Crippen LogP contribution is -2.37. The van der Waals surface area contributed by atoms with Crippen molar-refractivity contribution in [1.29, 1.82) is 0 Å². The number of rotatable bonds is 5. The van der Waals surface area contributed by atoms with Crippen LogP contribution in [0, 0.1) is 0 Å². The van der Waals surface area contributed by atoms with Gasteiger partial charge in [-0.15, -0.1) is 0 Å². The molecule has 2 saturated heterocycles. The molecule has 142 valence electrons. The average Bonchev–Trinajstić information content (AvgIpc) is 3.27. The molecular weight excluding hydrogens is 356 g/mol. The smallest absolute Gasteiger partial charge is 0.253 e. The zero-order valence-corrected chi connectivity index (χ0v) is 15.6. The molecule has 0 aromatic heterocycles. The lowest BCUT2D eigenvalue weighted by atomic mass is 10.1. The highest BCUT2D eigenvalue weighted by molar-refractivity contribution is 7.91. The van der Waals surface area contributed by atoms with E-state index in [4.69, 9.17) is 4.74 Å². The highest BCUT2D eigenvalue weighted by atomic mass is 32.2. The normalized spacial score (nSPS) is 24.3. The molecule has 0 radical (unpaired) electrons. The van der Waals surface area contributed by atoms with Crippen molar-refractivity contribution < 1.29 is 22.7 Å². The van der Waals surface area contributed by atoms with Gasteiger partial charge >= 0.3 is 0 Å². The Bertz CT molecular complexity index is 769. The van der Waals surface area contributed by atoms with Crippen LogP contribution >= 0.6 is 0 Å². The van der Waals surface area contributed by atoms with Crippen LogP contribution in [0.15, 0.2) is 24.3 Å². The van der Waals surface area contributed by atoms with Crippen molar-refractivity contribution in [3.63, 3.8) is 0 Å². The number of nitrogens with one attached hydrogen (secondary N) is 1. The van der Waals surface area contributed by atoms with Gasteiger partial charge in [0.15, 0.2) is 9.84 Å². The van der Waals surface area contributed by atoms with Crippen LogP contribution < -0.4 is 5.32 Å². The second-order valence-corrected chi connectivity index (χ2v) is 9.12. The van der Waals surface area contributed by atoms with E-state index >= 15 is 0 Å². The van der Waals surface area contributed by atoms with Crippen LogP contribution in [0.1, 0.15) is 40.0 Å². The van der Waals surface area contributed by atoms with Gasteiger partial charge in [0.05, 0.1) is 17.6 Å². The first-order chi connectivity index (χ1) is 12.4. The van der Waals surface area contributed by atoms with E-state index in [1.807, 2.05) is 0 Å². The number of hydrogen-bond acceptors (Lipinski definition) is 5. The molecule has 2 aliphatic rings. The lowest BCUT2D eigenvalue weighted by molar-refractivity contribution is 0.0747. The van der Waals surface area contributed by atoms with Crippen LogP contribution in [0.3, 0.4) is 0 Å². The first-order valence-electron chi connectivity index (χ1n) is 8.83. The SMILES string of the molecule is CN(C(=O)c1ccc(C(=O)NCC2CCCO2)cc1)C1CCS(=O)(=O)C1. The summed E-state index contributed by atoms with van der Waals surface area (Å²) >= 11 is 0. The molecule has 0 spiro atoms. The van der Waals surface area contributed by atoms with Crippen molar-refractivity contribution in [2.75, 3.05) is 31.7 Å². The third-order valence-corrected chi connectivity index (χ3v) is 6.74. The van der Waals surface area contributed by atoms with E-state index in [2.05, 4.69) is 5.32 Å². The maximum absolute atomic E-state index is 12.5. The molecule has 2 amide bonds. The molecule has 3 rings (SSSR count). The Morgan fingerprint density at radius 3 is 2.46 bits per heavy atom. The van der Waals surface area contributed by atoms with Crippen LogP contribution in [0.25, 0.3) is 0 Å². The van der Waals surface area contributed by atoms with Crippen LogP contribution in [-0.4, -0.2) is 69.0 Å². The van der Waals surface area contributed by atoms with Crippen molar-refractivity contribution in [3.05, 3.63) is 35.4 Å². The number of carbonyl (C=O) groups is 2. The Kier molecular flexibility index (Phi) is 5.62. The number of ether oxygens (including phenoxy) is 1. The molecule has 2 unspecified atom stereocenters. The summed E-state index contributed by atoms with van der Waals surface area (Å²) in [5.74, 6) is -0.300. The molecule has 2 fully saturated rings. The molecule has 1 aromatic carbocycles. The molecule has 0 aliphatic carbocycles. The fourth-order valence-electron chi connectivity index (χ4n) is 3.33. The molecule has 7 nitrogen and oxygen atoms in total. The zero-order chi connectivity index (χ0) is 18.7. The van der Waals surface area contributed by atoms with Crippen LogP contribution in [-0.2, 0) is 14.6 Å². The number of amides is 2. The predicted octanol–water partition coefficient (Wildman–Crippen LogP) is 0.854. The summed E-state index contributed by atoms with van der Waals surface area (Å²) in [6, 6.07) is 6.13. The summed E-state index contributed by atoms with van der Waals surface area (Å²) in [6.07, 6.45) is 2.52. The van der Waals surface area contributed by atoms with Gasteiger partial charge in [0.25, 0.3) is 11.8 Å². The fraction of sp³-hybridized carbons (Fsp3) is 0.556. The third kappa shape index (κ3) is 4.42.